The number of carbonyl (C=O) groups excluding carboxylic acids is 1. The van der Waals surface area contributed by atoms with Crippen LogP contribution in [0.25, 0.3) is 0 Å². The highest BCUT2D eigenvalue weighted by atomic mass is 16.7. The summed E-state index contributed by atoms with van der Waals surface area (Å²) in [6, 6.07) is 39.5. The lowest BCUT2D eigenvalue weighted by atomic mass is 9.95. The highest BCUT2D eigenvalue weighted by molar-refractivity contribution is 5.73. The molecule has 1 saturated heterocycles. The van der Waals surface area contributed by atoms with Crippen LogP contribution in [0.2, 0.25) is 0 Å². The van der Waals surface area contributed by atoms with Gasteiger partial charge in [0.25, 0.3) is 0 Å². The molecule has 0 radical (unpaired) electrons. The molecule has 1 amide bonds. The Morgan fingerprint density at radius 1 is 0.636 bits per heavy atom. The Morgan fingerprint density at radius 2 is 1.11 bits per heavy atom. The number of hydrogen-bond acceptors (Lipinski definition) is 6. The van der Waals surface area contributed by atoms with Crippen molar-refractivity contribution in [2.45, 2.75) is 63.8 Å². The van der Waals surface area contributed by atoms with Gasteiger partial charge in [-0.05, 0) is 28.7 Å². The molecule has 5 rings (SSSR count). The van der Waals surface area contributed by atoms with Crippen molar-refractivity contribution in [3.05, 3.63) is 144 Å². The molecule has 1 aliphatic heterocycles. The van der Waals surface area contributed by atoms with E-state index in [2.05, 4.69) is 17.4 Å². The molecule has 1 N–H and O–H groups in total. The molecule has 0 bridgehead atoms. The van der Waals surface area contributed by atoms with Crippen LogP contribution in [0.5, 0.6) is 0 Å². The predicted molar refractivity (Wildman–Crippen MR) is 168 cm³/mol. The van der Waals surface area contributed by atoms with Crippen molar-refractivity contribution in [1.29, 1.82) is 0 Å². The van der Waals surface area contributed by atoms with E-state index < -0.39 is 30.6 Å². The third-order valence-corrected chi connectivity index (χ3v) is 7.50. The molecule has 0 aliphatic carbocycles. The largest absolute Gasteiger partial charge is 0.374 e. The standard InChI is InChI=1S/C37H41NO6/c1-28(39)38-34-36(43-26-32-20-12-5-13-21-32)35(42-25-31-18-10-4-11-19-31)33(27-40-24-30-16-8-3-9-17-30)44-37(34)41-23-22-29-14-6-2-7-15-29/h2-21,33-37H,22-27H2,1H3,(H,38,39)/t33-,34-,35-,36-,37?/m1/s1. The van der Waals surface area contributed by atoms with Gasteiger partial charge in [-0.25, -0.2) is 0 Å². The van der Waals surface area contributed by atoms with Gasteiger partial charge in [0.2, 0.25) is 5.91 Å². The Kier molecular flexibility index (Phi) is 12.1. The first-order chi connectivity index (χ1) is 21.7. The van der Waals surface area contributed by atoms with Crippen LogP contribution in [0.3, 0.4) is 0 Å². The number of ether oxygens (including phenoxy) is 5. The van der Waals surface area contributed by atoms with E-state index in [0.29, 0.717) is 32.8 Å². The second-order valence-electron chi connectivity index (χ2n) is 10.9. The maximum atomic E-state index is 12.5. The second kappa shape index (κ2) is 16.9. The highest BCUT2D eigenvalue weighted by Crippen LogP contribution is 2.29. The van der Waals surface area contributed by atoms with E-state index >= 15 is 0 Å². The van der Waals surface area contributed by atoms with E-state index in [4.69, 9.17) is 23.7 Å². The molecule has 1 fully saturated rings. The summed E-state index contributed by atoms with van der Waals surface area (Å²) in [6.45, 7) is 3.26. The third-order valence-electron chi connectivity index (χ3n) is 7.50. The fraction of sp³-hybridized carbons (Fsp3) is 0.324. The normalized spacial score (nSPS) is 21.5. The Balaban J connectivity index is 1.39. The van der Waals surface area contributed by atoms with E-state index in [9.17, 15) is 4.79 Å². The van der Waals surface area contributed by atoms with Crippen molar-refractivity contribution in [2.75, 3.05) is 13.2 Å². The Bertz CT molecular complexity index is 1370. The summed E-state index contributed by atoms with van der Waals surface area (Å²) in [7, 11) is 0. The summed E-state index contributed by atoms with van der Waals surface area (Å²) in [5.74, 6) is -0.204. The highest BCUT2D eigenvalue weighted by Gasteiger charge is 2.48. The van der Waals surface area contributed by atoms with E-state index in [-0.39, 0.29) is 12.5 Å². The van der Waals surface area contributed by atoms with Crippen LogP contribution in [-0.4, -0.2) is 49.8 Å². The van der Waals surface area contributed by atoms with Crippen molar-refractivity contribution < 1.29 is 28.5 Å². The molecule has 7 nitrogen and oxygen atoms in total. The van der Waals surface area contributed by atoms with Crippen molar-refractivity contribution in [2.24, 2.45) is 0 Å². The fourth-order valence-electron chi connectivity index (χ4n) is 5.31. The van der Waals surface area contributed by atoms with Gasteiger partial charge in [-0.2, -0.15) is 0 Å². The average molecular weight is 596 g/mol. The van der Waals surface area contributed by atoms with Crippen LogP contribution in [0.4, 0.5) is 0 Å². The van der Waals surface area contributed by atoms with Crippen molar-refractivity contribution >= 4 is 5.91 Å². The van der Waals surface area contributed by atoms with Crippen LogP contribution in [-0.2, 0) is 54.7 Å². The smallest absolute Gasteiger partial charge is 0.217 e. The summed E-state index contributed by atoms with van der Waals surface area (Å²) >= 11 is 0. The molecule has 4 aromatic rings. The van der Waals surface area contributed by atoms with E-state index in [0.717, 1.165) is 22.3 Å². The van der Waals surface area contributed by atoms with Crippen LogP contribution in [0.15, 0.2) is 121 Å². The molecule has 5 atom stereocenters. The van der Waals surface area contributed by atoms with Crippen LogP contribution in [0.1, 0.15) is 29.2 Å². The molecule has 4 aromatic carbocycles. The first-order valence-electron chi connectivity index (χ1n) is 15.2. The van der Waals surface area contributed by atoms with Gasteiger partial charge in [0.15, 0.2) is 6.29 Å². The van der Waals surface area contributed by atoms with Gasteiger partial charge >= 0.3 is 0 Å². The molecule has 0 aromatic heterocycles. The first kappa shape index (κ1) is 31.6. The molecule has 0 saturated carbocycles. The Hall–Kier alpha value is -3.85. The van der Waals surface area contributed by atoms with Gasteiger partial charge in [-0.3, -0.25) is 4.79 Å². The number of nitrogens with one attached hydrogen (secondary N) is 1. The molecule has 1 heterocycles. The van der Waals surface area contributed by atoms with Crippen LogP contribution < -0.4 is 5.32 Å². The number of hydrogen-bond donors (Lipinski definition) is 1. The topological polar surface area (TPSA) is 75.3 Å². The van der Waals surface area contributed by atoms with Gasteiger partial charge < -0.3 is 29.0 Å². The minimum Gasteiger partial charge on any atom is -0.374 e. The van der Waals surface area contributed by atoms with Gasteiger partial charge in [-0.1, -0.05) is 121 Å². The van der Waals surface area contributed by atoms with E-state index in [1.165, 1.54) is 6.92 Å². The zero-order valence-corrected chi connectivity index (χ0v) is 25.1. The lowest BCUT2D eigenvalue weighted by molar-refractivity contribution is -0.290. The molecule has 0 spiro atoms. The van der Waals surface area contributed by atoms with Gasteiger partial charge in [0.1, 0.15) is 24.4 Å². The molecular formula is C37H41NO6. The van der Waals surface area contributed by atoms with Crippen molar-refractivity contribution in [1.82, 2.24) is 5.32 Å². The number of benzene rings is 4. The molecule has 1 unspecified atom stereocenters. The maximum absolute atomic E-state index is 12.5. The Labute approximate surface area is 260 Å². The monoisotopic (exact) mass is 595 g/mol. The summed E-state index contributed by atoms with van der Waals surface area (Å²) in [6.07, 6.45) is -1.73. The fourth-order valence-corrected chi connectivity index (χ4v) is 5.31. The number of rotatable bonds is 15. The maximum Gasteiger partial charge on any atom is 0.217 e. The van der Waals surface area contributed by atoms with E-state index in [1.54, 1.807) is 0 Å². The minimum absolute atomic E-state index is 0.204. The zero-order valence-electron chi connectivity index (χ0n) is 25.1. The Morgan fingerprint density at radius 3 is 1.64 bits per heavy atom. The molecule has 44 heavy (non-hydrogen) atoms. The average Bonchev–Trinajstić information content (AvgIpc) is 3.06. The summed E-state index contributed by atoms with van der Waals surface area (Å²) in [5, 5.41) is 3.06. The molecule has 7 heteroatoms. The SMILES string of the molecule is CC(=O)N[C@H]1C(OCCc2ccccc2)O[C@H](COCc2ccccc2)[C@@H](OCc2ccccc2)[C@@H]1OCc1ccccc1. The summed E-state index contributed by atoms with van der Waals surface area (Å²) in [4.78, 5) is 12.5. The van der Waals surface area contributed by atoms with Crippen LogP contribution >= 0.6 is 0 Å². The van der Waals surface area contributed by atoms with Crippen LogP contribution in [0, 0.1) is 0 Å². The van der Waals surface area contributed by atoms with Crippen molar-refractivity contribution in [3.8, 4) is 0 Å². The number of amides is 1. The van der Waals surface area contributed by atoms with Gasteiger partial charge in [0, 0.05) is 6.92 Å². The quantitative estimate of drug-likeness (QED) is 0.186. The second-order valence-corrected chi connectivity index (χ2v) is 10.9. The number of carbonyl (C=O) groups is 1. The lowest BCUT2D eigenvalue weighted by Crippen LogP contribution is -2.66. The predicted octanol–water partition coefficient (Wildman–Crippen LogP) is 5.86. The minimum atomic E-state index is -0.773. The summed E-state index contributed by atoms with van der Waals surface area (Å²) in [5.41, 5.74) is 4.26. The molecule has 1 aliphatic rings. The zero-order chi connectivity index (χ0) is 30.4. The lowest BCUT2D eigenvalue weighted by Gasteiger charge is -2.46. The molecule has 230 valence electrons. The third kappa shape index (κ3) is 9.58. The summed E-state index contributed by atoms with van der Waals surface area (Å²) < 4.78 is 32.3. The first-order valence-corrected chi connectivity index (χ1v) is 15.2. The van der Waals surface area contributed by atoms with E-state index in [1.807, 2.05) is 109 Å². The van der Waals surface area contributed by atoms with Gasteiger partial charge in [-0.15, -0.1) is 0 Å². The van der Waals surface area contributed by atoms with Gasteiger partial charge in [0.05, 0.1) is 33.0 Å². The molecular weight excluding hydrogens is 554 g/mol. The van der Waals surface area contributed by atoms with Crippen molar-refractivity contribution in [3.63, 3.8) is 0 Å².